The monoisotopic (exact) mass is 664 g/mol. The largest absolute Gasteiger partial charge is 0.756 e. The van der Waals surface area contributed by atoms with Crippen LogP contribution in [0.25, 0.3) is 0 Å². The van der Waals surface area contributed by atoms with Crippen molar-refractivity contribution in [3.63, 3.8) is 0 Å². The molecule has 0 saturated heterocycles. The number of rotatable bonds is 35. The van der Waals surface area contributed by atoms with Crippen molar-refractivity contribution < 1.29 is 37.3 Å². The van der Waals surface area contributed by atoms with Crippen LogP contribution in [-0.2, 0) is 27.9 Å². The molecule has 9 heteroatoms. The Morgan fingerprint density at radius 3 is 1.33 bits per heavy atom. The number of ether oxygens (including phenoxy) is 2. The van der Waals surface area contributed by atoms with E-state index in [-0.39, 0.29) is 19.8 Å². The fourth-order valence-corrected chi connectivity index (χ4v) is 6.10. The Bertz CT molecular complexity index is 701. The average Bonchev–Trinajstić information content (AvgIpc) is 2.96. The van der Waals surface area contributed by atoms with E-state index in [0.29, 0.717) is 17.6 Å². The van der Waals surface area contributed by atoms with Gasteiger partial charge >= 0.3 is 5.97 Å². The highest BCUT2D eigenvalue weighted by Gasteiger charge is 2.19. The second-order valence-electron chi connectivity index (χ2n) is 14.0. The van der Waals surface area contributed by atoms with Crippen molar-refractivity contribution in [2.24, 2.45) is 0 Å². The summed E-state index contributed by atoms with van der Waals surface area (Å²) in [6.45, 7) is 4.44. The van der Waals surface area contributed by atoms with Gasteiger partial charge in [0.25, 0.3) is 7.82 Å². The van der Waals surface area contributed by atoms with Crippen LogP contribution >= 0.6 is 7.82 Å². The summed E-state index contributed by atoms with van der Waals surface area (Å²) in [5.74, 6) is -0.506. The SMILES string of the molecule is CCCCCCCCCCCCCCCCCCCCCCCCCCOCC(COP(=O)([O-])OCC[N+](C)(C)C)OC(C)=O. The fourth-order valence-electron chi connectivity index (χ4n) is 5.37. The zero-order chi connectivity index (χ0) is 33.5. The van der Waals surface area contributed by atoms with Crippen LogP contribution in [0.15, 0.2) is 0 Å². The lowest BCUT2D eigenvalue weighted by atomic mass is 10.0. The molecule has 0 saturated carbocycles. The maximum atomic E-state index is 12.0. The van der Waals surface area contributed by atoms with E-state index in [1.807, 2.05) is 21.1 Å². The number of quaternary nitrogens is 1. The summed E-state index contributed by atoms with van der Waals surface area (Å²) in [4.78, 5) is 23.4. The first kappa shape index (κ1) is 44.5. The van der Waals surface area contributed by atoms with Crippen LogP contribution in [0, 0.1) is 0 Å². The second-order valence-corrected chi connectivity index (χ2v) is 15.4. The number of hydrogen-bond acceptors (Lipinski definition) is 7. The lowest BCUT2D eigenvalue weighted by Gasteiger charge is -2.28. The lowest BCUT2D eigenvalue weighted by Crippen LogP contribution is -2.37. The Morgan fingerprint density at radius 1 is 0.600 bits per heavy atom. The minimum Gasteiger partial charge on any atom is -0.756 e. The van der Waals surface area contributed by atoms with E-state index in [2.05, 4.69) is 6.92 Å². The molecule has 0 fully saturated rings. The van der Waals surface area contributed by atoms with Crippen LogP contribution in [0.4, 0.5) is 0 Å². The van der Waals surface area contributed by atoms with Gasteiger partial charge in [-0.15, -0.1) is 0 Å². The number of esters is 1. The van der Waals surface area contributed by atoms with E-state index < -0.39 is 19.9 Å². The molecule has 2 atom stereocenters. The van der Waals surface area contributed by atoms with Gasteiger partial charge in [0.2, 0.25) is 0 Å². The maximum Gasteiger partial charge on any atom is 0.303 e. The lowest BCUT2D eigenvalue weighted by molar-refractivity contribution is -0.870. The van der Waals surface area contributed by atoms with Crippen molar-refractivity contribution in [2.45, 2.75) is 174 Å². The topological polar surface area (TPSA) is 94.1 Å². The molecule has 2 unspecified atom stereocenters. The number of unbranched alkanes of at least 4 members (excludes halogenated alkanes) is 23. The third kappa shape index (κ3) is 36.2. The number of carbonyl (C=O) groups is 1. The number of hydrogen-bond donors (Lipinski definition) is 0. The first-order valence-electron chi connectivity index (χ1n) is 18.7. The summed E-state index contributed by atoms with van der Waals surface area (Å²) in [7, 11) is 1.36. The van der Waals surface area contributed by atoms with Gasteiger partial charge in [0, 0.05) is 13.5 Å². The van der Waals surface area contributed by atoms with Gasteiger partial charge in [0.15, 0.2) is 0 Å². The summed E-state index contributed by atoms with van der Waals surface area (Å²) < 4.78 is 33.2. The first-order valence-corrected chi connectivity index (χ1v) is 20.2. The van der Waals surface area contributed by atoms with E-state index >= 15 is 0 Å². The van der Waals surface area contributed by atoms with E-state index in [4.69, 9.17) is 18.5 Å². The number of phosphoric acid groups is 1. The van der Waals surface area contributed by atoms with E-state index in [9.17, 15) is 14.3 Å². The van der Waals surface area contributed by atoms with Gasteiger partial charge in [-0.1, -0.05) is 155 Å². The second kappa shape index (κ2) is 30.8. The summed E-state index contributed by atoms with van der Waals surface area (Å²) in [5, 5.41) is 0. The highest BCUT2D eigenvalue weighted by molar-refractivity contribution is 7.45. The van der Waals surface area contributed by atoms with Gasteiger partial charge in [-0.3, -0.25) is 9.36 Å². The Kier molecular flexibility index (Phi) is 30.5. The highest BCUT2D eigenvalue weighted by atomic mass is 31.2. The smallest absolute Gasteiger partial charge is 0.303 e. The van der Waals surface area contributed by atoms with E-state index in [1.54, 1.807) is 0 Å². The molecule has 0 spiro atoms. The molecule has 0 N–H and O–H groups in total. The van der Waals surface area contributed by atoms with Crippen molar-refractivity contribution in [1.29, 1.82) is 0 Å². The van der Waals surface area contributed by atoms with Gasteiger partial charge in [-0.05, 0) is 6.42 Å². The van der Waals surface area contributed by atoms with Crippen LogP contribution in [-0.4, -0.2) is 70.7 Å². The molecule has 8 nitrogen and oxygen atoms in total. The van der Waals surface area contributed by atoms with Gasteiger partial charge in [-0.2, -0.15) is 0 Å². The van der Waals surface area contributed by atoms with Gasteiger partial charge in [0.05, 0.1) is 34.4 Å². The van der Waals surface area contributed by atoms with Crippen molar-refractivity contribution >= 4 is 13.8 Å². The van der Waals surface area contributed by atoms with Gasteiger partial charge in [0.1, 0.15) is 19.3 Å². The molecule has 0 radical (unpaired) electrons. The average molecular weight is 664 g/mol. The molecule has 0 heterocycles. The third-order valence-corrected chi connectivity index (χ3v) is 9.17. The van der Waals surface area contributed by atoms with Gasteiger partial charge in [-0.25, -0.2) is 0 Å². The first-order chi connectivity index (χ1) is 21.6. The summed E-state index contributed by atoms with van der Waals surface area (Å²) in [5.41, 5.74) is 0. The molecule has 0 aliphatic carbocycles. The number of likely N-dealkylation sites (N-methyl/N-ethyl adjacent to an activating group) is 1. The van der Waals surface area contributed by atoms with Gasteiger partial charge < -0.3 is 27.9 Å². The van der Waals surface area contributed by atoms with E-state index in [1.165, 1.54) is 148 Å². The fraction of sp³-hybridized carbons (Fsp3) is 0.972. The predicted molar refractivity (Wildman–Crippen MR) is 185 cm³/mol. The zero-order valence-corrected chi connectivity index (χ0v) is 31.2. The Hall–Kier alpha value is -0.500. The van der Waals surface area contributed by atoms with Crippen molar-refractivity contribution in [1.82, 2.24) is 0 Å². The molecular formula is C36H74NO7P. The quantitative estimate of drug-likeness (QED) is 0.0288. The minimum atomic E-state index is -4.47. The Morgan fingerprint density at radius 2 is 0.978 bits per heavy atom. The molecule has 0 aliphatic heterocycles. The van der Waals surface area contributed by atoms with Crippen LogP contribution < -0.4 is 4.89 Å². The predicted octanol–water partition coefficient (Wildman–Crippen LogP) is 9.52. The maximum absolute atomic E-state index is 12.0. The third-order valence-electron chi connectivity index (χ3n) is 8.21. The number of carbonyl (C=O) groups excluding carboxylic acids is 1. The minimum absolute atomic E-state index is 0.0264. The van der Waals surface area contributed by atoms with Crippen molar-refractivity contribution in [3.8, 4) is 0 Å². The molecular weight excluding hydrogens is 589 g/mol. The van der Waals surface area contributed by atoms with E-state index in [0.717, 1.165) is 12.8 Å². The molecule has 0 aromatic carbocycles. The van der Waals surface area contributed by atoms with Crippen molar-refractivity contribution in [3.05, 3.63) is 0 Å². The summed E-state index contributed by atoms with van der Waals surface area (Å²) in [6.07, 6.45) is 31.9. The normalized spacial score (nSPS) is 14.0. The molecule has 0 aliphatic rings. The molecule has 0 rings (SSSR count). The number of nitrogens with zero attached hydrogens (tertiary/aromatic N) is 1. The zero-order valence-electron chi connectivity index (χ0n) is 30.3. The summed E-state index contributed by atoms with van der Waals surface area (Å²) >= 11 is 0. The molecule has 0 bridgehead atoms. The molecule has 0 aromatic heterocycles. The Labute approximate surface area is 278 Å². The molecule has 0 aromatic rings. The van der Waals surface area contributed by atoms with Crippen LogP contribution in [0.5, 0.6) is 0 Å². The highest BCUT2D eigenvalue weighted by Crippen LogP contribution is 2.38. The standard InChI is InChI=1S/C36H74NO7P/c1-6-7-8-9-10-11-12-13-14-15-16-17-18-19-20-21-22-23-24-25-26-27-28-29-31-41-33-36(44-35(2)38)34-43-45(39,40)42-32-30-37(3,4)5/h36H,6-34H2,1-5H3. The summed E-state index contributed by atoms with van der Waals surface area (Å²) in [6, 6.07) is 0. The number of phosphoric ester groups is 1. The van der Waals surface area contributed by atoms with Crippen molar-refractivity contribution in [2.75, 3.05) is 54.1 Å². The molecule has 270 valence electrons. The molecule has 45 heavy (non-hydrogen) atoms. The van der Waals surface area contributed by atoms with Crippen LogP contribution in [0.2, 0.25) is 0 Å². The van der Waals surface area contributed by atoms with Crippen LogP contribution in [0.3, 0.4) is 0 Å². The molecule has 0 amide bonds. The Balaban J connectivity index is 3.52. The van der Waals surface area contributed by atoms with Crippen LogP contribution in [0.1, 0.15) is 168 Å².